The molecule has 1 saturated carbocycles. The largest absolute Gasteiger partial charge is 0.508 e. The first-order valence-corrected chi connectivity index (χ1v) is 7.44. The predicted molar refractivity (Wildman–Crippen MR) is 84.1 cm³/mol. The maximum Gasteiger partial charge on any atom is 0.309 e. The quantitative estimate of drug-likeness (QED) is 0.827. The molecule has 0 unspecified atom stereocenters. The maximum atomic E-state index is 11.8. The van der Waals surface area contributed by atoms with E-state index in [2.05, 4.69) is 6.92 Å². The minimum atomic E-state index is -0.669. The van der Waals surface area contributed by atoms with Crippen molar-refractivity contribution in [1.29, 1.82) is 0 Å². The number of halogens is 1. The summed E-state index contributed by atoms with van der Waals surface area (Å²) in [6, 6.07) is 5.59. The Kier molecular flexibility index (Phi) is 4.00. The Morgan fingerprint density at radius 1 is 1.29 bits per heavy atom. The molecule has 3 atom stereocenters. The Bertz CT molecular complexity index is 571. The number of hydrogen-bond donors (Lipinski definition) is 2. The molecule has 0 heterocycles. The summed E-state index contributed by atoms with van der Waals surface area (Å²) >= 11 is 0. The molecule has 3 rings (SSSR count). The standard InChI is InChI=1S/C17H22O3.ClH/c1-16-8-3-9-17(2,15(19)20)14(16)7-5-11-4-6-12(18)10-13(11)16;/h4,6,10,14,18H,3,5,7-9H2,1-2H3,(H,19,20);1H/t14-,16-,17+;/m1./s1. The molecular formula is C17H23ClO3. The number of carboxylic acid groups (broad SMARTS) is 1. The lowest BCUT2D eigenvalue weighted by Gasteiger charge is -2.53. The Hall–Kier alpha value is -1.22. The average Bonchev–Trinajstić information content (AvgIpc) is 2.39. The predicted octanol–water partition coefficient (Wildman–Crippen LogP) is 3.91. The van der Waals surface area contributed by atoms with Gasteiger partial charge in [0, 0.05) is 0 Å². The van der Waals surface area contributed by atoms with Crippen molar-refractivity contribution >= 4 is 18.4 Å². The van der Waals surface area contributed by atoms with Crippen LogP contribution in [0.1, 0.15) is 50.7 Å². The summed E-state index contributed by atoms with van der Waals surface area (Å²) in [4.78, 5) is 11.8. The van der Waals surface area contributed by atoms with Crippen LogP contribution in [0.15, 0.2) is 18.2 Å². The van der Waals surface area contributed by atoms with E-state index < -0.39 is 11.4 Å². The number of rotatable bonds is 1. The lowest BCUT2D eigenvalue weighted by Crippen LogP contribution is -2.52. The van der Waals surface area contributed by atoms with Crippen LogP contribution in [-0.4, -0.2) is 16.2 Å². The number of carboxylic acids is 1. The van der Waals surface area contributed by atoms with E-state index in [0.29, 0.717) is 0 Å². The fraction of sp³-hybridized carbons (Fsp3) is 0.588. The van der Waals surface area contributed by atoms with E-state index >= 15 is 0 Å². The molecule has 2 aliphatic carbocycles. The molecule has 116 valence electrons. The highest BCUT2D eigenvalue weighted by Gasteiger charge is 2.55. The van der Waals surface area contributed by atoms with E-state index in [1.54, 1.807) is 6.07 Å². The Balaban J connectivity index is 0.00000161. The van der Waals surface area contributed by atoms with Gasteiger partial charge >= 0.3 is 5.97 Å². The van der Waals surface area contributed by atoms with Crippen molar-refractivity contribution in [3.8, 4) is 5.75 Å². The van der Waals surface area contributed by atoms with Gasteiger partial charge in [0.1, 0.15) is 5.75 Å². The number of aliphatic carboxylic acids is 1. The summed E-state index contributed by atoms with van der Waals surface area (Å²) in [6.45, 7) is 4.10. The number of fused-ring (bicyclic) bond motifs is 3. The first-order valence-electron chi connectivity index (χ1n) is 7.44. The third-order valence-corrected chi connectivity index (χ3v) is 5.83. The monoisotopic (exact) mass is 310 g/mol. The molecule has 0 bridgehead atoms. The fourth-order valence-corrected chi connectivity index (χ4v) is 4.70. The SMILES string of the molecule is C[C@]1(C(=O)O)CCC[C@]2(C)c3cc(O)ccc3CC[C@@H]12.Cl. The van der Waals surface area contributed by atoms with Crippen molar-refractivity contribution < 1.29 is 15.0 Å². The van der Waals surface area contributed by atoms with Crippen molar-refractivity contribution in [3.63, 3.8) is 0 Å². The second kappa shape index (κ2) is 5.20. The third kappa shape index (κ3) is 2.22. The first kappa shape index (κ1) is 16.2. The van der Waals surface area contributed by atoms with Gasteiger partial charge in [0.05, 0.1) is 5.41 Å². The van der Waals surface area contributed by atoms with Crippen LogP contribution in [0.2, 0.25) is 0 Å². The van der Waals surface area contributed by atoms with Crippen LogP contribution in [0.25, 0.3) is 0 Å². The number of phenols is 1. The minimum Gasteiger partial charge on any atom is -0.508 e. The van der Waals surface area contributed by atoms with Gasteiger partial charge in [0.2, 0.25) is 0 Å². The lowest BCUT2D eigenvalue weighted by atomic mass is 9.50. The van der Waals surface area contributed by atoms with E-state index in [1.165, 1.54) is 11.1 Å². The van der Waals surface area contributed by atoms with Gasteiger partial charge in [-0.2, -0.15) is 0 Å². The highest BCUT2D eigenvalue weighted by molar-refractivity contribution is 5.85. The molecular weight excluding hydrogens is 288 g/mol. The molecule has 0 aliphatic heterocycles. The summed E-state index contributed by atoms with van der Waals surface area (Å²) in [7, 11) is 0. The molecule has 2 aliphatic rings. The van der Waals surface area contributed by atoms with E-state index in [0.717, 1.165) is 32.1 Å². The van der Waals surface area contributed by atoms with Gasteiger partial charge in [-0.15, -0.1) is 12.4 Å². The molecule has 0 aromatic heterocycles. The number of benzene rings is 1. The minimum absolute atomic E-state index is 0. The zero-order chi connectivity index (χ0) is 14.5. The van der Waals surface area contributed by atoms with Crippen LogP contribution < -0.4 is 0 Å². The molecule has 3 nitrogen and oxygen atoms in total. The summed E-state index contributed by atoms with van der Waals surface area (Å²) in [5.41, 5.74) is 1.67. The third-order valence-electron chi connectivity index (χ3n) is 5.83. The lowest BCUT2D eigenvalue weighted by molar-refractivity contribution is -0.157. The Morgan fingerprint density at radius 2 is 2.00 bits per heavy atom. The van der Waals surface area contributed by atoms with Crippen LogP contribution in [-0.2, 0) is 16.6 Å². The van der Waals surface area contributed by atoms with E-state index in [9.17, 15) is 15.0 Å². The van der Waals surface area contributed by atoms with Gasteiger partial charge < -0.3 is 10.2 Å². The highest BCUT2D eigenvalue weighted by Crippen LogP contribution is 2.57. The van der Waals surface area contributed by atoms with Gasteiger partial charge in [-0.3, -0.25) is 4.79 Å². The second-order valence-corrected chi connectivity index (χ2v) is 6.93. The average molecular weight is 311 g/mol. The van der Waals surface area contributed by atoms with Crippen molar-refractivity contribution in [2.24, 2.45) is 11.3 Å². The van der Waals surface area contributed by atoms with Gasteiger partial charge in [0.15, 0.2) is 0 Å². The molecule has 0 amide bonds. The van der Waals surface area contributed by atoms with Crippen molar-refractivity contribution in [1.82, 2.24) is 0 Å². The molecule has 1 aromatic rings. The van der Waals surface area contributed by atoms with Gasteiger partial charge in [-0.25, -0.2) is 0 Å². The molecule has 0 saturated heterocycles. The van der Waals surface area contributed by atoms with Crippen molar-refractivity contribution in [3.05, 3.63) is 29.3 Å². The second-order valence-electron chi connectivity index (χ2n) is 6.93. The normalized spacial score (nSPS) is 34.3. The number of phenolic OH excluding ortho intramolecular Hbond substituents is 1. The van der Waals surface area contributed by atoms with Crippen LogP contribution >= 0.6 is 12.4 Å². The molecule has 21 heavy (non-hydrogen) atoms. The van der Waals surface area contributed by atoms with E-state index in [4.69, 9.17) is 0 Å². The zero-order valence-electron chi connectivity index (χ0n) is 12.6. The highest BCUT2D eigenvalue weighted by atomic mass is 35.5. The first-order chi connectivity index (χ1) is 9.38. The van der Waals surface area contributed by atoms with Crippen molar-refractivity contribution in [2.45, 2.75) is 51.4 Å². The molecule has 1 aromatic carbocycles. The molecule has 0 spiro atoms. The Labute approximate surface area is 131 Å². The summed E-state index contributed by atoms with van der Waals surface area (Å²) < 4.78 is 0. The number of hydrogen-bond acceptors (Lipinski definition) is 2. The summed E-state index contributed by atoms with van der Waals surface area (Å²) in [5.74, 6) is -0.235. The zero-order valence-corrected chi connectivity index (χ0v) is 13.4. The molecule has 4 heteroatoms. The smallest absolute Gasteiger partial charge is 0.309 e. The summed E-state index contributed by atoms with van der Waals surface area (Å²) in [5, 5.41) is 19.5. The molecule has 0 radical (unpaired) electrons. The maximum absolute atomic E-state index is 11.8. The number of aryl methyl sites for hydroxylation is 1. The van der Waals surface area contributed by atoms with Crippen LogP contribution in [0.4, 0.5) is 0 Å². The topological polar surface area (TPSA) is 57.5 Å². The van der Waals surface area contributed by atoms with Crippen LogP contribution in [0.3, 0.4) is 0 Å². The van der Waals surface area contributed by atoms with Gasteiger partial charge in [-0.1, -0.05) is 19.4 Å². The Morgan fingerprint density at radius 3 is 2.67 bits per heavy atom. The van der Waals surface area contributed by atoms with E-state index in [-0.39, 0.29) is 29.5 Å². The van der Waals surface area contributed by atoms with Crippen LogP contribution in [0.5, 0.6) is 5.75 Å². The fourth-order valence-electron chi connectivity index (χ4n) is 4.70. The molecule has 2 N–H and O–H groups in total. The number of carbonyl (C=O) groups is 1. The molecule has 1 fully saturated rings. The summed E-state index contributed by atoms with van der Waals surface area (Å²) in [6.07, 6.45) is 4.55. The number of aromatic hydroxyl groups is 1. The van der Waals surface area contributed by atoms with Crippen LogP contribution in [0, 0.1) is 11.3 Å². The van der Waals surface area contributed by atoms with Gasteiger partial charge in [-0.05, 0) is 67.2 Å². The van der Waals surface area contributed by atoms with Gasteiger partial charge in [0.25, 0.3) is 0 Å². The van der Waals surface area contributed by atoms with E-state index in [1.807, 2.05) is 19.1 Å². The van der Waals surface area contributed by atoms with Crippen molar-refractivity contribution in [2.75, 3.05) is 0 Å².